The van der Waals surface area contributed by atoms with Crippen molar-refractivity contribution < 1.29 is 4.74 Å². The fourth-order valence-electron chi connectivity index (χ4n) is 4.29. The Morgan fingerprint density at radius 2 is 2.17 bits per heavy atom. The molecule has 0 amide bonds. The van der Waals surface area contributed by atoms with Crippen molar-refractivity contribution in [2.24, 2.45) is 28.5 Å². The molecule has 1 saturated carbocycles. The lowest BCUT2D eigenvalue weighted by atomic mass is 9.91. The van der Waals surface area contributed by atoms with Gasteiger partial charge in [0, 0.05) is 18.5 Å². The summed E-state index contributed by atoms with van der Waals surface area (Å²) in [6.45, 7) is 1.55. The molecule has 1 aliphatic heterocycles. The van der Waals surface area contributed by atoms with E-state index in [-0.39, 0.29) is 6.04 Å². The molecule has 4 rings (SSSR count). The summed E-state index contributed by atoms with van der Waals surface area (Å²) < 4.78 is 5.69. The molecule has 0 saturated heterocycles. The van der Waals surface area contributed by atoms with Gasteiger partial charge in [0.2, 0.25) is 0 Å². The first-order valence-corrected chi connectivity index (χ1v) is 8.76. The van der Waals surface area contributed by atoms with Crippen molar-refractivity contribution in [2.75, 3.05) is 13.2 Å². The summed E-state index contributed by atoms with van der Waals surface area (Å²) in [6, 6.07) is 8.36. The molecule has 23 heavy (non-hydrogen) atoms. The van der Waals surface area contributed by atoms with Crippen molar-refractivity contribution in [3.05, 3.63) is 42.0 Å². The molecule has 3 aliphatic rings. The Kier molecular flexibility index (Phi) is 3.98. The highest BCUT2D eigenvalue weighted by Crippen LogP contribution is 2.44. The Morgan fingerprint density at radius 1 is 1.26 bits per heavy atom. The van der Waals surface area contributed by atoms with E-state index in [0.29, 0.717) is 5.96 Å². The number of benzene rings is 1. The largest absolute Gasteiger partial charge is 0.493 e. The molecular formula is C19H25N3O. The first kappa shape index (κ1) is 14.6. The Balaban J connectivity index is 1.31. The van der Waals surface area contributed by atoms with Crippen LogP contribution in [0, 0.1) is 17.8 Å². The predicted octanol–water partition coefficient (Wildman–Crippen LogP) is 3.02. The Bertz CT molecular complexity index is 625. The smallest absolute Gasteiger partial charge is 0.189 e. The maximum absolute atomic E-state index is 6.11. The van der Waals surface area contributed by atoms with E-state index in [9.17, 15) is 0 Å². The van der Waals surface area contributed by atoms with Gasteiger partial charge in [-0.25, -0.2) is 0 Å². The number of fused-ring (bicyclic) bond motifs is 3. The SMILES string of the molecule is NC(=NCCC1C[C@@H]2C=C[C@H]1C2)NC1CCOc2ccccc21. The van der Waals surface area contributed by atoms with Crippen LogP contribution in [0.15, 0.2) is 41.4 Å². The van der Waals surface area contributed by atoms with E-state index in [1.54, 1.807) is 0 Å². The molecule has 0 aromatic heterocycles. The topological polar surface area (TPSA) is 59.6 Å². The summed E-state index contributed by atoms with van der Waals surface area (Å²) in [5.41, 5.74) is 7.28. The number of para-hydroxylation sites is 1. The predicted molar refractivity (Wildman–Crippen MR) is 92.4 cm³/mol. The molecule has 1 heterocycles. The van der Waals surface area contributed by atoms with Crippen LogP contribution in [0.5, 0.6) is 5.75 Å². The van der Waals surface area contributed by atoms with Gasteiger partial charge in [-0.2, -0.15) is 0 Å². The van der Waals surface area contributed by atoms with Crippen molar-refractivity contribution in [1.29, 1.82) is 0 Å². The second-order valence-electron chi connectivity index (χ2n) is 6.97. The van der Waals surface area contributed by atoms with E-state index in [1.165, 1.54) is 18.4 Å². The fraction of sp³-hybridized carbons (Fsp3) is 0.526. The minimum Gasteiger partial charge on any atom is -0.493 e. The monoisotopic (exact) mass is 311 g/mol. The highest BCUT2D eigenvalue weighted by Gasteiger charge is 2.34. The number of hydrogen-bond acceptors (Lipinski definition) is 2. The molecule has 1 aromatic rings. The lowest BCUT2D eigenvalue weighted by molar-refractivity contribution is 0.262. The minimum absolute atomic E-state index is 0.203. The van der Waals surface area contributed by atoms with Gasteiger partial charge in [0.15, 0.2) is 5.96 Å². The highest BCUT2D eigenvalue weighted by atomic mass is 16.5. The Hall–Kier alpha value is -1.97. The lowest BCUT2D eigenvalue weighted by Crippen LogP contribution is -2.37. The van der Waals surface area contributed by atoms with Crippen molar-refractivity contribution >= 4 is 5.96 Å². The molecule has 2 aliphatic carbocycles. The fourth-order valence-corrected chi connectivity index (χ4v) is 4.29. The van der Waals surface area contributed by atoms with Crippen LogP contribution in [0.2, 0.25) is 0 Å². The van der Waals surface area contributed by atoms with E-state index >= 15 is 0 Å². The Morgan fingerprint density at radius 3 is 3.00 bits per heavy atom. The van der Waals surface area contributed by atoms with Gasteiger partial charge in [-0.05, 0) is 43.1 Å². The minimum atomic E-state index is 0.203. The third kappa shape index (κ3) is 3.07. The van der Waals surface area contributed by atoms with Gasteiger partial charge < -0.3 is 15.8 Å². The van der Waals surface area contributed by atoms with Crippen LogP contribution >= 0.6 is 0 Å². The standard InChI is InChI=1S/C19H25N3O/c20-19(21-9-7-15-12-13-5-6-14(15)11-13)22-17-8-10-23-18-4-2-1-3-16(17)18/h1-6,13-15,17H,7-12H2,(H3,20,21,22)/t13-,14+,15?,17?/m1/s1. The van der Waals surface area contributed by atoms with Crippen LogP contribution in [-0.2, 0) is 0 Å². The van der Waals surface area contributed by atoms with Crippen molar-refractivity contribution in [3.8, 4) is 5.75 Å². The zero-order chi connectivity index (χ0) is 15.6. The molecule has 2 bridgehead atoms. The number of ether oxygens (including phenoxy) is 1. The lowest BCUT2D eigenvalue weighted by Gasteiger charge is -2.27. The van der Waals surface area contributed by atoms with E-state index in [1.807, 2.05) is 18.2 Å². The molecule has 122 valence electrons. The molecular weight excluding hydrogens is 286 g/mol. The van der Waals surface area contributed by atoms with Gasteiger partial charge >= 0.3 is 0 Å². The summed E-state index contributed by atoms with van der Waals surface area (Å²) in [7, 11) is 0. The number of nitrogens with two attached hydrogens (primary N) is 1. The molecule has 3 N–H and O–H groups in total. The molecule has 1 fully saturated rings. The third-order valence-electron chi connectivity index (χ3n) is 5.48. The number of nitrogens with zero attached hydrogens (tertiary/aromatic N) is 1. The summed E-state index contributed by atoms with van der Waals surface area (Å²) in [5, 5.41) is 3.37. The number of hydrogen-bond donors (Lipinski definition) is 2. The molecule has 4 atom stereocenters. The van der Waals surface area contributed by atoms with Crippen LogP contribution in [0.4, 0.5) is 0 Å². The van der Waals surface area contributed by atoms with Crippen LogP contribution in [0.3, 0.4) is 0 Å². The van der Waals surface area contributed by atoms with Gasteiger partial charge in [0.1, 0.15) is 5.75 Å². The van der Waals surface area contributed by atoms with Crippen LogP contribution < -0.4 is 15.8 Å². The summed E-state index contributed by atoms with van der Waals surface area (Å²) in [5.74, 6) is 3.96. The van der Waals surface area contributed by atoms with Gasteiger partial charge in [-0.15, -0.1) is 0 Å². The maximum atomic E-state index is 6.11. The van der Waals surface area contributed by atoms with Crippen LogP contribution in [0.25, 0.3) is 0 Å². The summed E-state index contributed by atoms with van der Waals surface area (Å²) >= 11 is 0. The molecule has 4 heteroatoms. The maximum Gasteiger partial charge on any atom is 0.189 e. The second kappa shape index (κ2) is 6.26. The zero-order valence-electron chi connectivity index (χ0n) is 13.4. The number of guanidine groups is 1. The van der Waals surface area contributed by atoms with Gasteiger partial charge in [-0.3, -0.25) is 4.99 Å². The number of rotatable bonds is 4. The molecule has 0 radical (unpaired) electrons. The second-order valence-corrected chi connectivity index (χ2v) is 6.97. The average Bonchev–Trinajstić information content (AvgIpc) is 3.18. The van der Waals surface area contributed by atoms with E-state index in [2.05, 4.69) is 28.5 Å². The number of allylic oxidation sites excluding steroid dienone is 2. The quantitative estimate of drug-likeness (QED) is 0.510. The van der Waals surface area contributed by atoms with Crippen molar-refractivity contribution in [1.82, 2.24) is 5.32 Å². The van der Waals surface area contributed by atoms with Gasteiger partial charge in [0.05, 0.1) is 12.6 Å². The molecule has 2 unspecified atom stereocenters. The van der Waals surface area contributed by atoms with Gasteiger partial charge in [0.25, 0.3) is 0 Å². The number of aliphatic imine (C=N–C) groups is 1. The third-order valence-corrected chi connectivity index (χ3v) is 5.48. The van der Waals surface area contributed by atoms with Crippen molar-refractivity contribution in [2.45, 2.75) is 31.7 Å². The van der Waals surface area contributed by atoms with Crippen LogP contribution in [-0.4, -0.2) is 19.1 Å². The van der Waals surface area contributed by atoms with E-state index in [0.717, 1.165) is 49.5 Å². The highest BCUT2D eigenvalue weighted by molar-refractivity contribution is 5.78. The van der Waals surface area contributed by atoms with E-state index < -0.39 is 0 Å². The summed E-state index contributed by atoms with van der Waals surface area (Å²) in [4.78, 5) is 4.56. The first-order chi connectivity index (χ1) is 11.3. The Labute approximate surface area is 137 Å². The molecule has 0 spiro atoms. The van der Waals surface area contributed by atoms with E-state index in [4.69, 9.17) is 10.5 Å². The first-order valence-electron chi connectivity index (χ1n) is 8.76. The molecule has 4 nitrogen and oxygen atoms in total. The van der Waals surface area contributed by atoms with Crippen LogP contribution in [0.1, 0.15) is 37.3 Å². The number of nitrogens with one attached hydrogen (secondary N) is 1. The normalized spacial score (nSPS) is 31.7. The zero-order valence-corrected chi connectivity index (χ0v) is 13.4. The summed E-state index contributed by atoms with van der Waals surface area (Å²) in [6.07, 6.45) is 9.58. The van der Waals surface area contributed by atoms with Gasteiger partial charge in [-0.1, -0.05) is 30.4 Å². The molecule has 1 aromatic carbocycles. The average molecular weight is 311 g/mol. The van der Waals surface area contributed by atoms with Crippen molar-refractivity contribution in [3.63, 3.8) is 0 Å².